The molecule has 1 rings (SSSR count). The fourth-order valence-corrected chi connectivity index (χ4v) is 0.949. The highest BCUT2D eigenvalue weighted by atomic mass is 16.6. The van der Waals surface area contributed by atoms with E-state index in [2.05, 4.69) is 14.9 Å². The molecular formula is C8H14N2O2. The third kappa shape index (κ3) is 3.48. The number of ether oxygens (including phenoxy) is 1. The quantitative estimate of drug-likeness (QED) is 0.606. The van der Waals surface area contributed by atoms with Crippen LogP contribution in [0, 0.1) is 0 Å². The predicted octanol–water partition coefficient (Wildman–Crippen LogP) is 1.43. The molecule has 1 aromatic heterocycles. The first kappa shape index (κ1) is 9.19. The van der Waals surface area contributed by atoms with Crippen molar-refractivity contribution in [3.8, 4) is 0 Å². The highest BCUT2D eigenvalue weighted by Crippen LogP contribution is 1.99. The normalized spacial score (nSPS) is 10.4. The maximum Gasteiger partial charge on any atom is 0.105 e. The summed E-state index contributed by atoms with van der Waals surface area (Å²) in [5, 5.41) is 7.23. The van der Waals surface area contributed by atoms with Gasteiger partial charge in [-0.05, 0) is 26.2 Å². The van der Waals surface area contributed by atoms with Gasteiger partial charge in [-0.15, -0.1) is 0 Å². The van der Waals surface area contributed by atoms with Crippen LogP contribution in [-0.2, 0) is 11.2 Å². The average molecular weight is 170 g/mol. The minimum atomic E-state index is 0.797. The zero-order valence-corrected chi connectivity index (χ0v) is 7.32. The van der Waals surface area contributed by atoms with Crippen molar-refractivity contribution >= 4 is 0 Å². The summed E-state index contributed by atoms with van der Waals surface area (Å²) in [5.74, 6) is 0. The number of nitrogens with zero attached hydrogens (tertiary/aromatic N) is 2. The number of unbranched alkanes of at least 4 members (excludes halogenated alkanes) is 1. The molecule has 0 aliphatic rings. The van der Waals surface area contributed by atoms with Crippen molar-refractivity contribution in [2.75, 3.05) is 13.2 Å². The molecule has 0 bridgehead atoms. The summed E-state index contributed by atoms with van der Waals surface area (Å²) in [5.41, 5.74) is 0.923. The van der Waals surface area contributed by atoms with Crippen LogP contribution in [0.3, 0.4) is 0 Å². The molecule has 0 unspecified atom stereocenters. The second kappa shape index (κ2) is 5.71. The van der Waals surface area contributed by atoms with Gasteiger partial charge in [-0.1, -0.05) is 10.3 Å². The van der Waals surface area contributed by atoms with Crippen LogP contribution in [0.25, 0.3) is 0 Å². The Kier molecular flexibility index (Phi) is 4.37. The Bertz CT molecular complexity index is 187. The molecule has 0 fully saturated rings. The molecule has 0 saturated heterocycles. The molecule has 0 aromatic carbocycles. The van der Waals surface area contributed by atoms with Crippen molar-refractivity contribution in [3.05, 3.63) is 11.9 Å². The van der Waals surface area contributed by atoms with Crippen molar-refractivity contribution in [2.45, 2.75) is 26.2 Å². The zero-order valence-electron chi connectivity index (χ0n) is 7.32. The Balaban J connectivity index is 1.96. The van der Waals surface area contributed by atoms with Crippen LogP contribution in [0.15, 0.2) is 10.8 Å². The van der Waals surface area contributed by atoms with E-state index in [9.17, 15) is 0 Å². The van der Waals surface area contributed by atoms with Gasteiger partial charge in [0.25, 0.3) is 0 Å². The highest BCUT2D eigenvalue weighted by molar-refractivity contribution is 4.88. The smallest absolute Gasteiger partial charge is 0.105 e. The summed E-state index contributed by atoms with van der Waals surface area (Å²) in [4.78, 5) is 0. The van der Waals surface area contributed by atoms with Gasteiger partial charge in [-0.3, -0.25) is 0 Å². The minimum Gasteiger partial charge on any atom is -0.382 e. The summed E-state index contributed by atoms with van der Waals surface area (Å²) in [6.45, 7) is 3.63. The van der Waals surface area contributed by atoms with Crippen LogP contribution < -0.4 is 0 Å². The molecule has 0 N–H and O–H groups in total. The Hall–Kier alpha value is -0.900. The second-order valence-corrected chi connectivity index (χ2v) is 2.55. The van der Waals surface area contributed by atoms with E-state index in [1.165, 1.54) is 0 Å². The molecule has 0 atom stereocenters. The van der Waals surface area contributed by atoms with Gasteiger partial charge in [0.1, 0.15) is 5.69 Å². The second-order valence-electron chi connectivity index (χ2n) is 2.55. The first-order valence-electron chi connectivity index (χ1n) is 4.27. The molecule has 68 valence electrons. The summed E-state index contributed by atoms with van der Waals surface area (Å²) in [7, 11) is 0. The molecule has 4 nitrogen and oxygen atoms in total. The van der Waals surface area contributed by atoms with Gasteiger partial charge < -0.3 is 4.74 Å². The summed E-state index contributed by atoms with van der Waals surface area (Å²) in [6, 6.07) is 0. The number of hydrogen-bond donors (Lipinski definition) is 0. The molecule has 1 aromatic rings. The molecule has 0 amide bonds. The van der Waals surface area contributed by atoms with E-state index in [0.717, 1.165) is 38.2 Å². The van der Waals surface area contributed by atoms with Crippen LogP contribution in [0.2, 0.25) is 0 Å². The van der Waals surface area contributed by atoms with Gasteiger partial charge in [0.2, 0.25) is 0 Å². The lowest BCUT2D eigenvalue weighted by Gasteiger charge is -1.98. The largest absolute Gasteiger partial charge is 0.382 e. The first-order chi connectivity index (χ1) is 5.93. The third-order valence-corrected chi connectivity index (χ3v) is 1.58. The van der Waals surface area contributed by atoms with Gasteiger partial charge in [-0.25, -0.2) is 4.63 Å². The van der Waals surface area contributed by atoms with E-state index in [0.29, 0.717) is 0 Å². The van der Waals surface area contributed by atoms with Gasteiger partial charge in [0.15, 0.2) is 0 Å². The van der Waals surface area contributed by atoms with Crippen LogP contribution in [0.5, 0.6) is 0 Å². The molecule has 12 heavy (non-hydrogen) atoms. The first-order valence-corrected chi connectivity index (χ1v) is 4.27. The fraction of sp³-hybridized carbons (Fsp3) is 0.750. The molecule has 0 saturated carbocycles. The number of hydrogen-bond acceptors (Lipinski definition) is 4. The van der Waals surface area contributed by atoms with Gasteiger partial charge in [-0.2, -0.15) is 0 Å². The Labute approximate surface area is 71.9 Å². The number of aromatic nitrogens is 2. The predicted molar refractivity (Wildman–Crippen MR) is 43.7 cm³/mol. The van der Waals surface area contributed by atoms with E-state index in [-0.39, 0.29) is 0 Å². The summed E-state index contributed by atoms with van der Waals surface area (Å²) >= 11 is 0. The third-order valence-electron chi connectivity index (χ3n) is 1.58. The highest BCUT2D eigenvalue weighted by Gasteiger charge is 1.96. The Morgan fingerprint density at radius 2 is 2.42 bits per heavy atom. The SMILES string of the molecule is CCOCCCCc1cnon1. The number of rotatable bonds is 6. The van der Waals surface area contributed by atoms with Crippen molar-refractivity contribution in [1.29, 1.82) is 0 Å². The van der Waals surface area contributed by atoms with Gasteiger partial charge in [0.05, 0.1) is 6.20 Å². The maximum absolute atomic E-state index is 5.19. The van der Waals surface area contributed by atoms with E-state index in [4.69, 9.17) is 4.74 Å². The Morgan fingerprint density at radius 3 is 3.08 bits per heavy atom. The lowest BCUT2D eigenvalue weighted by atomic mass is 10.2. The number of aryl methyl sites for hydroxylation is 1. The van der Waals surface area contributed by atoms with E-state index in [1.54, 1.807) is 6.20 Å². The van der Waals surface area contributed by atoms with E-state index >= 15 is 0 Å². The van der Waals surface area contributed by atoms with Crippen LogP contribution >= 0.6 is 0 Å². The average Bonchev–Trinajstić information content (AvgIpc) is 2.57. The van der Waals surface area contributed by atoms with Gasteiger partial charge >= 0.3 is 0 Å². The zero-order chi connectivity index (χ0) is 8.65. The van der Waals surface area contributed by atoms with Crippen LogP contribution in [0.1, 0.15) is 25.5 Å². The monoisotopic (exact) mass is 170 g/mol. The van der Waals surface area contributed by atoms with Crippen molar-refractivity contribution in [3.63, 3.8) is 0 Å². The van der Waals surface area contributed by atoms with E-state index < -0.39 is 0 Å². The summed E-state index contributed by atoms with van der Waals surface area (Å²) < 4.78 is 9.65. The molecule has 0 aliphatic carbocycles. The minimum absolute atomic E-state index is 0.797. The maximum atomic E-state index is 5.19. The topological polar surface area (TPSA) is 48.2 Å². The van der Waals surface area contributed by atoms with Crippen molar-refractivity contribution in [1.82, 2.24) is 10.3 Å². The molecule has 4 heteroatoms. The van der Waals surface area contributed by atoms with Crippen LogP contribution in [0.4, 0.5) is 0 Å². The lowest BCUT2D eigenvalue weighted by molar-refractivity contribution is 0.143. The molecule has 1 heterocycles. The Morgan fingerprint density at radius 1 is 1.50 bits per heavy atom. The van der Waals surface area contributed by atoms with Crippen LogP contribution in [-0.4, -0.2) is 23.5 Å². The molecular weight excluding hydrogens is 156 g/mol. The molecule has 0 radical (unpaired) electrons. The van der Waals surface area contributed by atoms with Crippen molar-refractivity contribution in [2.24, 2.45) is 0 Å². The molecule has 0 spiro atoms. The van der Waals surface area contributed by atoms with E-state index in [1.807, 2.05) is 6.92 Å². The lowest BCUT2D eigenvalue weighted by Crippen LogP contribution is -1.94. The van der Waals surface area contributed by atoms with Gasteiger partial charge in [0, 0.05) is 13.2 Å². The fourth-order valence-electron chi connectivity index (χ4n) is 0.949. The van der Waals surface area contributed by atoms with Crippen molar-refractivity contribution < 1.29 is 9.37 Å². The molecule has 0 aliphatic heterocycles. The standard InChI is InChI=1S/C8H14N2O2/c1-2-11-6-4-3-5-8-7-9-12-10-8/h7H,2-6H2,1H3. The summed E-state index contributed by atoms with van der Waals surface area (Å²) in [6.07, 6.45) is 4.73.